The smallest absolute Gasteiger partial charge is 0.254 e. The van der Waals surface area contributed by atoms with E-state index in [4.69, 9.17) is 5.73 Å². The highest BCUT2D eigenvalue weighted by atomic mass is 32.2. The second-order valence-corrected chi connectivity index (χ2v) is 9.19. The van der Waals surface area contributed by atoms with Crippen LogP contribution in [0.25, 0.3) is 0 Å². The molecule has 2 aliphatic rings. The summed E-state index contributed by atoms with van der Waals surface area (Å²) >= 11 is 4.03. The zero-order chi connectivity index (χ0) is 16.2. The van der Waals surface area contributed by atoms with Gasteiger partial charge in [-0.1, -0.05) is 12.1 Å². The number of carbonyl (C=O) groups is 1. The van der Waals surface area contributed by atoms with E-state index in [1.807, 2.05) is 47.5 Å². The van der Waals surface area contributed by atoms with Gasteiger partial charge in [-0.25, -0.2) is 0 Å². The summed E-state index contributed by atoms with van der Waals surface area (Å²) in [6, 6.07) is 8.48. The summed E-state index contributed by atoms with van der Waals surface area (Å²) in [5, 5.41) is 0. The minimum absolute atomic E-state index is 0.0357. The third-order valence-electron chi connectivity index (χ3n) is 4.67. The first kappa shape index (κ1) is 17.2. The van der Waals surface area contributed by atoms with Gasteiger partial charge in [0, 0.05) is 24.2 Å². The molecular weight excluding hydrogens is 324 g/mol. The first-order valence-electron chi connectivity index (χ1n) is 8.56. The van der Waals surface area contributed by atoms with Crippen molar-refractivity contribution in [2.45, 2.75) is 49.3 Å². The monoisotopic (exact) mass is 350 g/mol. The van der Waals surface area contributed by atoms with E-state index in [1.165, 1.54) is 29.9 Å². The molecule has 126 valence electrons. The third kappa shape index (κ3) is 4.06. The zero-order valence-corrected chi connectivity index (χ0v) is 15.4. The molecule has 2 N–H and O–H groups in total. The Kier molecular flexibility index (Phi) is 5.94. The fraction of sp³-hybridized carbons (Fsp3) is 0.611. The molecule has 1 aromatic carbocycles. The van der Waals surface area contributed by atoms with E-state index in [-0.39, 0.29) is 18.0 Å². The van der Waals surface area contributed by atoms with Crippen LogP contribution in [0.1, 0.15) is 53.1 Å². The fourth-order valence-electron chi connectivity index (χ4n) is 3.39. The lowest BCUT2D eigenvalue weighted by molar-refractivity contribution is 0.0584. The number of piperidine rings is 1. The lowest BCUT2D eigenvalue weighted by Gasteiger charge is -2.38. The maximum atomic E-state index is 12.9. The van der Waals surface area contributed by atoms with Crippen LogP contribution >= 0.6 is 23.5 Å². The summed E-state index contributed by atoms with van der Waals surface area (Å²) < 4.78 is 0.528. The summed E-state index contributed by atoms with van der Waals surface area (Å²) in [7, 11) is 0. The lowest BCUT2D eigenvalue weighted by Crippen LogP contribution is -2.51. The molecule has 2 atom stereocenters. The van der Waals surface area contributed by atoms with Crippen molar-refractivity contribution in [3.8, 4) is 0 Å². The van der Waals surface area contributed by atoms with Crippen molar-refractivity contribution in [1.82, 2.24) is 4.90 Å². The summed E-state index contributed by atoms with van der Waals surface area (Å²) in [5.74, 6) is 2.62. The van der Waals surface area contributed by atoms with E-state index in [1.54, 1.807) is 0 Å². The van der Waals surface area contributed by atoms with Crippen LogP contribution in [-0.4, -0.2) is 40.9 Å². The molecule has 2 fully saturated rings. The number of carbonyl (C=O) groups excluding carboxylic acids is 1. The predicted molar refractivity (Wildman–Crippen MR) is 101 cm³/mol. The lowest BCUT2D eigenvalue weighted by atomic mass is 9.96. The van der Waals surface area contributed by atoms with E-state index >= 15 is 0 Å². The summed E-state index contributed by atoms with van der Waals surface area (Å²) in [5.41, 5.74) is 8.23. The molecule has 1 amide bonds. The van der Waals surface area contributed by atoms with Crippen LogP contribution in [-0.2, 0) is 0 Å². The zero-order valence-electron chi connectivity index (χ0n) is 13.7. The van der Waals surface area contributed by atoms with Crippen molar-refractivity contribution in [3.63, 3.8) is 0 Å². The molecule has 0 aliphatic carbocycles. The van der Waals surface area contributed by atoms with Crippen LogP contribution in [0.15, 0.2) is 24.3 Å². The molecule has 0 spiro atoms. The molecule has 2 heterocycles. The van der Waals surface area contributed by atoms with Gasteiger partial charge >= 0.3 is 0 Å². The molecule has 2 aliphatic heterocycles. The number of hydrogen-bond donors (Lipinski definition) is 1. The first-order valence-corrected chi connectivity index (χ1v) is 10.7. The minimum atomic E-state index is 0.0357. The van der Waals surface area contributed by atoms with Crippen LogP contribution in [0.4, 0.5) is 0 Å². The molecule has 0 radical (unpaired) electrons. The number of amides is 1. The van der Waals surface area contributed by atoms with Gasteiger partial charge in [-0.3, -0.25) is 4.79 Å². The highest BCUT2D eigenvalue weighted by molar-refractivity contribution is 8.16. The van der Waals surface area contributed by atoms with E-state index in [2.05, 4.69) is 12.1 Å². The molecule has 5 heteroatoms. The van der Waals surface area contributed by atoms with Crippen LogP contribution < -0.4 is 5.73 Å². The average molecular weight is 351 g/mol. The van der Waals surface area contributed by atoms with E-state index in [9.17, 15) is 4.79 Å². The van der Waals surface area contributed by atoms with Gasteiger partial charge in [0.05, 0.1) is 4.58 Å². The van der Waals surface area contributed by atoms with Gasteiger partial charge in [0.15, 0.2) is 0 Å². The number of nitrogens with zero attached hydrogens (tertiary/aromatic N) is 1. The van der Waals surface area contributed by atoms with Gasteiger partial charge in [0.2, 0.25) is 0 Å². The Balaban J connectivity index is 1.71. The van der Waals surface area contributed by atoms with Crippen molar-refractivity contribution in [2.24, 2.45) is 5.73 Å². The number of hydrogen-bond acceptors (Lipinski definition) is 4. The number of benzene rings is 1. The van der Waals surface area contributed by atoms with Gasteiger partial charge < -0.3 is 10.6 Å². The van der Waals surface area contributed by atoms with Gasteiger partial charge in [-0.05, 0) is 61.8 Å². The van der Waals surface area contributed by atoms with Crippen molar-refractivity contribution < 1.29 is 4.79 Å². The maximum Gasteiger partial charge on any atom is 0.254 e. The van der Waals surface area contributed by atoms with Crippen molar-refractivity contribution in [2.75, 3.05) is 18.1 Å². The molecule has 2 saturated heterocycles. The van der Waals surface area contributed by atoms with Crippen molar-refractivity contribution >= 4 is 29.4 Å². The summed E-state index contributed by atoms with van der Waals surface area (Å²) in [6.07, 6.45) is 4.58. The largest absolute Gasteiger partial charge is 0.334 e. The van der Waals surface area contributed by atoms with Crippen molar-refractivity contribution in [1.29, 1.82) is 0 Å². The Labute approximate surface area is 147 Å². The number of rotatable bonds is 3. The molecule has 0 bridgehead atoms. The van der Waals surface area contributed by atoms with E-state index < -0.39 is 0 Å². The van der Waals surface area contributed by atoms with E-state index in [0.717, 1.165) is 24.9 Å². The second kappa shape index (κ2) is 7.95. The Hall–Kier alpha value is -0.650. The number of nitrogens with two attached hydrogens (primary N) is 1. The number of thioether (sulfide) groups is 2. The third-order valence-corrected chi connectivity index (χ3v) is 7.69. The van der Waals surface area contributed by atoms with Crippen LogP contribution in [0.2, 0.25) is 0 Å². The minimum Gasteiger partial charge on any atom is -0.334 e. The quantitative estimate of drug-likeness (QED) is 0.898. The fourth-order valence-corrected chi connectivity index (χ4v) is 6.28. The van der Waals surface area contributed by atoms with Gasteiger partial charge in [-0.15, -0.1) is 23.5 Å². The van der Waals surface area contributed by atoms with Crippen molar-refractivity contribution in [3.05, 3.63) is 35.4 Å². The molecule has 3 rings (SSSR count). The van der Waals surface area contributed by atoms with Gasteiger partial charge in [0.25, 0.3) is 5.91 Å². The summed E-state index contributed by atoms with van der Waals surface area (Å²) in [6.45, 7) is 2.85. The van der Waals surface area contributed by atoms with Gasteiger partial charge in [0.1, 0.15) is 0 Å². The van der Waals surface area contributed by atoms with Crippen LogP contribution in [0.3, 0.4) is 0 Å². The molecule has 3 nitrogen and oxygen atoms in total. The Morgan fingerprint density at radius 3 is 2.52 bits per heavy atom. The second-order valence-electron chi connectivity index (χ2n) is 6.47. The Bertz CT molecular complexity index is 526. The molecular formula is C18H26N2OS2. The van der Waals surface area contributed by atoms with Gasteiger partial charge in [-0.2, -0.15) is 0 Å². The normalized spacial score (nSPS) is 24.4. The maximum absolute atomic E-state index is 12.9. The summed E-state index contributed by atoms with van der Waals surface area (Å²) in [4.78, 5) is 14.9. The molecule has 2 unspecified atom stereocenters. The molecule has 23 heavy (non-hydrogen) atoms. The average Bonchev–Trinajstić information content (AvgIpc) is 2.62. The standard InChI is InChI=1S/C18H26N2OS2/c1-13(19)16-5-2-3-10-20(16)17(21)14-6-8-15(9-7-14)18-22-11-4-12-23-18/h6-9,13,16,18H,2-5,10-12,19H2,1H3. The first-order chi connectivity index (χ1) is 11.2. The molecule has 0 saturated carbocycles. The Morgan fingerprint density at radius 1 is 1.17 bits per heavy atom. The highest BCUT2D eigenvalue weighted by Gasteiger charge is 2.29. The van der Waals surface area contributed by atoms with E-state index in [0.29, 0.717) is 4.58 Å². The highest BCUT2D eigenvalue weighted by Crippen LogP contribution is 2.43. The predicted octanol–water partition coefficient (Wildman–Crippen LogP) is 3.90. The topological polar surface area (TPSA) is 46.3 Å². The Morgan fingerprint density at radius 2 is 1.87 bits per heavy atom. The van der Waals surface area contributed by atoms with Crippen LogP contribution in [0, 0.1) is 0 Å². The molecule has 0 aromatic heterocycles. The number of likely N-dealkylation sites (tertiary alicyclic amines) is 1. The molecule has 1 aromatic rings. The van der Waals surface area contributed by atoms with Crippen LogP contribution in [0.5, 0.6) is 0 Å². The SMILES string of the molecule is CC(N)C1CCCCN1C(=O)c1ccc(C2SCCCS2)cc1.